The van der Waals surface area contributed by atoms with Crippen molar-refractivity contribution >= 4 is 11.6 Å². The maximum atomic E-state index is 6.14. The first-order valence-corrected chi connectivity index (χ1v) is 9.13. The van der Waals surface area contributed by atoms with Crippen LogP contribution in [0.1, 0.15) is 29.5 Å². The molecule has 0 unspecified atom stereocenters. The molecule has 0 radical (unpaired) electrons. The lowest BCUT2D eigenvalue weighted by atomic mass is 9.90. The van der Waals surface area contributed by atoms with E-state index in [9.17, 15) is 0 Å². The summed E-state index contributed by atoms with van der Waals surface area (Å²) in [6.45, 7) is 0.407. The molecule has 2 aromatic rings. The van der Waals surface area contributed by atoms with Gasteiger partial charge in [-0.15, -0.1) is 0 Å². The van der Waals surface area contributed by atoms with Crippen LogP contribution >= 0.6 is 0 Å². The maximum Gasteiger partial charge on any atom is 0.203 e. The lowest BCUT2D eigenvalue weighted by Gasteiger charge is -2.19. The van der Waals surface area contributed by atoms with Crippen LogP contribution in [0.2, 0.25) is 0 Å². The van der Waals surface area contributed by atoms with Crippen molar-refractivity contribution in [3.63, 3.8) is 0 Å². The summed E-state index contributed by atoms with van der Waals surface area (Å²) in [6.07, 6.45) is 4.68. The zero-order valence-corrected chi connectivity index (χ0v) is 16.2. The van der Waals surface area contributed by atoms with Crippen molar-refractivity contribution in [3.8, 4) is 17.2 Å². The molecule has 144 valence electrons. The van der Waals surface area contributed by atoms with Gasteiger partial charge < -0.3 is 25.3 Å². The molecule has 6 heteroatoms. The summed E-state index contributed by atoms with van der Waals surface area (Å²) in [5.41, 5.74) is 10.9. The summed E-state index contributed by atoms with van der Waals surface area (Å²) in [4.78, 5) is 4.48. The van der Waals surface area contributed by atoms with Crippen LogP contribution in [0.15, 0.2) is 35.3 Å². The van der Waals surface area contributed by atoms with E-state index in [1.165, 1.54) is 24.0 Å². The number of hydrogen-bond donors (Lipinski definition) is 2. The highest BCUT2D eigenvalue weighted by Gasteiger charge is 2.14. The number of methoxy groups -OCH3 is 3. The fraction of sp³-hybridized carbons (Fsp3) is 0.381. The van der Waals surface area contributed by atoms with Crippen molar-refractivity contribution < 1.29 is 14.2 Å². The Morgan fingerprint density at radius 2 is 1.74 bits per heavy atom. The number of guanidine groups is 1. The predicted octanol–water partition coefficient (Wildman–Crippen LogP) is 3.52. The van der Waals surface area contributed by atoms with E-state index < -0.39 is 0 Å². The van der Waals surface area contributed by atoms with Crippen molar-refractivity contribution in [1.82, 2.24) is 0 Å². The quantitative estimate of drug-likeness (QED) is 0.602. The van der Waals surface area contributed by atoms with E-state index in [0.29, 0.717) is 29.8 Å². The Morgan fingerprint density at radius 3 is 2.41 bits per heavy atom. The number of nitrogens with one attached hydrogen (secondary N) is 1. The van der Waals surface area contributed by atoms with Crippen LogP contribution in [-0.2, 0) is 19.4 Å². The summed E-state index contributed by atoms with van der Waals surface area (Å²) in [6, 6.07) is 10.1. The minimum atomic E-state index is 0.391. The minimum Gasteiger partial charge on any atom is -0.493 e. The molecule has 0 fully saturated rings. The molecule has 3 N–H and O–H groups in total. The highest BCUT2D eigenvalue weighted by molar-refractivity contribution is 5.93. The number of rotatable bonds is 6. The molecular weight excluding hydrogens is 342 g/mol. The number of fused-ring (bicyclic) bond motifs is 1. The summed E-state index contributed by atoms with van der Waals surface area (Å²) < 4.78 is 16.1. The van der Waals surface area contributed by atoms with Crippen LogP contribution < -0.4 is 25.3 Å². The van der Waals surface area contributed by atoms with E-state index in [0.717, 1.165) is 24.1 Å². The first-order chi connectivity index (χ1) is 13.2. The monoisotopic (exact) mass is 369 g/mol. The molecule has 2 aromatic carbocycles. The third-order valence-electron chi connectivity index (χ3n) is 4.82. The summed E-state index contributed by atoms with van der Waals surface area (Å²) >= 11 is 0. The van der Waals surface area contributed by atoms with Gasteiger partial charge in [0.2, 0.25) is 5.75 Å². The number of anilines is 1. The van der Waals surface area contributed by atoms with E-state index in [-0.39, 0.29) is 0 Å². The lowest BCUT2D eigenvalue weighted by Crippen LogP contribution is -2.24. The van der Waals surface area contributed by atoms with Crippen molar-refractivity contribution in [2.75, 3.05) is 26.6 Å². The zero-order chi connectivity index (χ0) is 19.2. The van der Waals surface area contributed by atoms with E-state index in [2.05, 4.69) is 28.5 Å². The molecule has 0 aliphatic heterocycles. The van der Waals surface area contributed by atoms with Gasteiger partial charge in [-0.3, -0.25) is 0 Å². The third-order valence-corrected chi connectivity index (χ3v) is 4.82. The lowest BCUT2D eigenvalue weighted by molar-refractivity contribution is 0.324. The molecule has 0 spiro atoms. The SMILES string of the molecule is COc1cc(CN=C(N)Nc2cccc3c2CCCC3)cc(OC)c1OC. The topological polar surface area (TPSA) is 78.1 Å². The van der Waals surface area contributed by atoms with Gasteiger partial charge in [-0.1, -0.05) is 12.1 Å². The van der Waals surface area contributed by atoms with Crippen LogP contribution in [0, 0.1) is 0 Å². The smallest absolute Gasteiger partial charge is 0.203 e. The zero-order valence-electron chi connectivity index (χ0n) is 16.2. The van der Waals surface area contributed by atoms with Gasteiger partial charge in [-0.25, -0.2) is 4.99 Å². The average molecular weight is 369 g/mol. The van der Waals surface area contributed by atoms with E-state index in [4.69, 9.17) is 19.9 Å². The summed E-state index contributed by atoms with van der Waals surface area (Å²) in [5.74, 6) is 2.16. The molecule has 0 saturated heterocycles. The molecular formula is C21H27N3O3. The van der Waals surface area contributed by atoms with Gasteiger partial charge in [0.05, 0.1) is 27.9 Å². The van der Waals surface area contributed by atoms with E-state index in [1.807, 2.05) is 12.1 Å². The van der Waals surface area contributed by atoms with Gasteiger partial charge in [-0.05, 0) is 60.6 Å². The van der Waals surface area contributed by atoms with Gasteiger partial charge >= 0.3 is 0 Å². The molecule has 0 bridgehead atoms. The van der Waals surface area contributed by atoms with Crippen molar-refractivity contribution in [3.05, 3.63) is 47.0 Å². The Hall–Kier alpha value is -2.89. The fourth-order valence-electron chi connectivity index (χ4n) is 3.48. The van der Waals surface area contributed by atoms with E-state index in [1.54, 1.807) is 21.3 Å². The number of benzene rings is 2. The second-order valence-corrected chi connectivity index (χ2v) is 6.51. The molecule has 3 rings (SSSR count). The highest BCUT2D eigenvalue weighted by Crippen LogP contribution is 2.38. The fourth-order valence-corrected chi connectivity index (χ4v) is 3.48. The second kappa shape index (κ2) is 8.66. The number of aliphatic imine (C=N–C) groups is 1. The molecule has 1 aliphatic rings. The van der Waals surface area contributed by atoms with Crippen LogP contribution in [0.5, 0.6) is 17.2 Å². The first-order valence-electron chi connectivity index (χ1n) is 9.13. The van der Waals surface area contributed by atoms with Crippen molar-refractivity contribution in [2.45, 2.75) is 32.2 Å². The molecule has 27 heavy (non-hydrogen) atoms. The molecule has 6 nitrogen and oxygen atoms in total. The standard InChI is InChI=1S/C21H27N3O3/c1-25-18-11-14(12-19(26-2)20(18)27-3)13-23-21(22)24-17-10-6-8-15-7-4-5-9-16(15)17/h6,8,10-12H,4-5,7,9,13H2,1-3H3,(H3,22,23,24). The Kier molecular flexibility index (Phi) is 6.06. The van der Waals surface area contributed by atoms with Gasteiger partial charge in [0.1, 0.15) is 0 Å². The molecule has 1 aliphatic carbocycles. The highest BCUT2D eigenvalue weighted by atomic mass is 16.5. The number of nitrogens with zero attached hydrogens (tertiary/aromatic N) is 1. The second-order valence-electron chi connectivity index (χ2n) is 6.51. The molecule has 0 heterocycles. The largest absolute Gasteiger partial charge is 0.493 e. The molecule has 0 aromatic heterocycles. The van der Waals surface area contributed by atoms with Crippen LogP contribution in [-0.4, -0.2) is 27.3 Å². The summed E-state index contributed by atoms with van der Waals surface area (Å²) in [7, 11) is 4.78. The Labute approximate surface area is 160 Å². The number of hydrogen-bond acceptors (Lipinski definition) is 4. The van der Waals surface area contributed by atoms with Gasteiger partial charge in [0.15, 0.2) is 17.5 Å². The van der Waals surface area contributed by atoms with Gasteiger partial charge in [-0.2, -0.15) is 0 Å². The Balaban J connectivity index is 1.76. The average Bonchev–Trinajstić information content (AvgIpc) is 2.71. The molecule has 0 atom stereocenters. The number of aryl methyl sites for hydroxylation is 1. The van der Waals surface area contributed by atoms with Gasteiger partial charge in [0.25, 0.3) is 0 Å². The summed E-state index contributed by atoms with van der Waals surface area (Å²) in [5, 5.41) is 3.26. The maximum absolute atomic E-state index is 6.14. The van der Waals surface area contributed by atoms with E-state index >= 15 is 0 Å². The first kappa shape index (κ1) is 18.9. The number of ether oxygens (including phenoxy) is 3. The third kappa shape index (κ3) is 4.27. The van der Waals surface area contributed by atoms with Crippen LogP contribution in [0.4, 0.5) is 5.69 Å². The Morgan fingerprint density at radius 1 is 1.04 bits per heavy atom. The van der Waals surface area contributed by atoms with Crippen molar-refractivity contribution in [2.24, 2.45) is 10.7 Å². The predicted molar refractivity (Wildman–Crippen MR) is 108 cm³/mol. The molecule has 0 amide bonds. The normalized spacial score (nSPS) is 13.7. The Bertz CT molecular complexity index is 808. The minimum absolute atomic E-state index is 0.391. The number of nitrogens with two attached hydrogens (primary N) is 1. The van der Waals surface area contributed by atoms with Gasteiger partial charge in [0, 0.05) is 5.69 Å². The van der Waals surface area contributed by atoms with Crippen molar-refractivity contribution in [1.29, 1.82) is 0 Å². The molecule has 0 saturated carbocycles. The van der Waals surface area contributed by atoms with Crippen LogP contribution in [0.3, 0.4) is 0 Å². The van der Waals surface area contributed by atoms with Crippen LogP contribution in [0.25, 0.3) is 0 Å².